The van der Waals surface area contributed by atoms with Crippen LogP contribution in [-0.4, -0.2) is 15.0 Å². The summed E-state index contributed by atoms with van der Waals surface area (Å²) >= 11 is 0. The van der Waals surface area contributed by atoms with E-state index in [1.165, 1.54) is 0 Å². The van der Waals surface area contributed by atoms with Gasteiger partial charge in [-0.25, -0.2) is 0 Å². The number of hydrogen-bond acceptors (Lipinski definition) is 3. The van der Waals surface area contributed by atoms with Gasteiger partial charge in [0.15, 0.2) is 0 Å². The molecule has 0 fully saturated rings. The van der Waals surface area contributed by atoms with Gasteiger partial charge < -0.3 is 5.21 Å². The molecule has 11 heavy (non-hydrogen) atoms. The lowest BCUT2D eigenvalue weighted by Gasteiger charge is -1.96. The van der Waals surface area contributed by atoms with Gasteiger partial charge in [-0.3, -0.25) is 4.68 Å². The number of nitrogens with one attached hydrogen (secondary N) is 1. The van der Waals surface area contributed by atoms with Crippen LogP contribution in [0.4, 0.5) is 0 Å². The molecule has 0 unspecified atom stereocenters. The molecule has 1 rings (SSSR count). The summed E-state index contributed by atoms with van der Waals surface area (Å²) in [7, 11) is 1.83. The van der Waals surface area contributed by atoms with Gasteiger partial charge in [-0.05, 0) is 6.07 Å². The van der Waals surface area contributed by atoms with E-state index in [9.17, 15) is 0 Å². The van der Waals surface area contributed by atoms with E-state index in [1.807, 2.05) is 27.0 Å². The minimum atomic E-state index is 0.441. The highest BCUT2D eigenvalue weighted by Crippen LogP contribution is 1.92. The molecule has 0 aliphatic rings. The molecule has 0 aliphatic carbocycles. The summed E-state index contributed by atoms with van der Waals surface area (Å²) in [5.41, 5.74) is 3.01. The zero-order valence-corrected chi connectivity index (χ0v) is 7.20. The Morgan fingerprint density at radius 3 is 2.64 bits per heavy atom. The molecular weight excluding hydrogens is 142 g/mol. The molecule has 0 atom stereocenters. The Hall–Kier alpha value is -0.870. The van der Waals surface area contributed by atoms with Crippen LogP contribution in [-0.2, 0) is 13.6 Å². The van der Waals surface area contributed by atoms with Gasteiger partial charge in [0.1, 0.15) is 0 Å². The lowest BCUT2D eigenvalue weighted by molar-refractivity contribution is 0.158. The topological polar surface area (TPSA) is 50.1 Å². The quantitative estimate of drug-likeness (QED) is 0.628. The first-order valence-corrected chi connectivity index (χ1v) is 3.68. The van der Waals surface area contributed by atoms with Crippen LogP contribution < -0.4 is 5.48 Å². The van der Waals surface area contributed by atoms with Gasteiger partial charge in [0.2, 0.25) is 0 Å². The highest BCUT2D eigenvalue weighted by molar-refractivity contribution is 4.98. The highest BCUT2D eigenvalue weighted by atomic mass is 16.5. The van der Waals surface area contributed by atoms with Crippen LogP contribution in [0, 0.1) is 0 Å². The number of hydrogen-bond donors (Lipinski definition) is 2. The first-order valence-electron chi connectivity index (χ1n) is 3.68. The molecule has 4 nitrogen and oxygen atoms in total. The summed E-state index contributed by atoms with van der Waals surface area (Å²) in [6.45, 7) is 4.44. The van der Waals surface area contributed by atoms with E-state index in [4.69, 9.17) is 5.21 Å². The Balaban J connectivity index is 0.000000461. The first kappa shape index (κ1) is 10.1. The third-order valence-corrected chi connectivity index (χ3v) is 1.18. The molecule has 2 N–H and O–H groups in total. The number of nitrogens with zero attached hydrogens (tertiary/aromatic N) is 2. The second-order valence-corrected chi connectivity index (χ2v) is 1.78. The zero-order chi connectivity index (χ0) is 8.69. The number of hydroxylamine groups is 1. The zero-order valence-electron chi connectivity index (χ0n) is 7.20. The van der Waals surface area contributed by atoms with E-state index in [1.54, 1.807) is 10.9 Å². The summed E-state index contributed by atoms with van der Waals surface area (Å²) in [4.78, 5) is 0. The Morgan fingerprint density at radius 2 is 2.27 bits per heavy atom. The Morgan fingerprint density at radius 1 is 1.64 bits per heavy atom. The van der Waals surface area contributed by atoms with Crippen molar-refractivity contribution < 1.29 is 5.21 Å². The van der Waals surface area contributed by atoms with E-state index < -0.39 is 0 Å². The molecule has 0 amide bonds. The number of aromatic nitrogens is 2. The summed E-state index contributed by atoms with van der Waals surface area (Å²) in [6.07, 6.45) is 1.69. The molecule has 0 saturated heterocycles. The smallest absolute Gasteiger partial charge is 0.0627 e. The minimum Gasteiger partial charge on any atom is -0.316 e. The predicted molar refractivity (Wildman–Crippen MR) is 43.2 cm³/mol. The SMILES string of the molecule is CC.Cn1nccc1CNO. The molecule has 1 aromatic heterocycles. The second kappa shape index (κ2) is 5.88. The van der Waals surface area contributed by atoms with Crippen molar-refractivity contribution in [2.45, 2.75) is 20.4 Å². The van der Waals surface area contributed by atoms with Crippen molar-refractivity contribution in [1.29, 1.82) is 0 Å². The Labute approximate surface area is 66.8 Å². The maximum Gasteiger partial charge on any atom is 0.0627 e. The van der Waals surface area contributed by atoms with Crippen LogP contribution in [0.1, 0.15) is 19.5 Å². The van der Waals surface area contributed by atoms with E-state index in [-0.39, 0.29) is 0 Å². The molecule has 0 radical (unpaired) electrons. The molecule has 0 saturated carbocycles. The molecule has 4 heteroatoms. The van der Waals surface area contributed by atoms with E-state index in [0.29, 0.717) is 6.54 Å². The van der Waals surface area contributed by atoms with Crippen molar-refractivity contribution in [2.75, 3.05) is 0 Å². The summed E-state index contributed by atoms with van der Waals surface area (Å²) in [6, 6.07) is 1.84. The average molecular weight is 157 g/mol. The average Bonchev–Trinajstić information content (AvgIpc) is 2.42. The highest BCUT2D eigenvalue weighted by Gasteiger charge is 1.93. The van der Waals surface area contributed by atoms with E-state index in [0.717, 1.165) is 5.69 Å². The maximum atomic E-state index is 8.27. The Bertz CT molecular complexity index is 186. The van der Waals surface area contributed by atoms with Crippen molar-refractivity contribution in [3.63, 3.8) is 0 Å². The normalized spacial score (nSPS) is 8.73. The Kier molecular flexibility index (Phi) is 5.42. The fourth-order valence-electron chi connectivity index (χ4n) is 0.656. The standard InChI is InChI=1S/C5H9N3O.C2H6/c1-8-5(4-7-9)2-3-6-8;1-2/h2-3,7,9H,4H2,1H3;1-2H3. The fraction of sp³-hybridized carbons (Fsp3) is 0.571. The molecule has 64 valence electrons. The van der Waals surface area contributed by atoms with Crippen molar-refractivity contribution in [1.82, 2.24) is 15.3 Å². The molecular formula is C7H15N3O. The number of rotatable bonds is 2. The fourth-order valence-corrected chi connectivity index (χ4v) is 0.656. The third kappa shape index (κ3) is 3.15. The van der Waals surface area contributed by atoms with Crippen LogP contribution >= 0.6 is 0 Å². The van der Waals surface area contributed by atoms with Gasteiger partial charge >= 0.3 is 0 Å². The van der Waals surface area contributed by atoms with Crippen LogP contribution in [0.3, 0.4) is 0 Å². The van der Waals surface area contributed by atoms with Gasteiger partial charge in [-0.1, -0.05) is 13.8 Å². The molecule has 0 aliphatic heterocycles. The van der Waals surface area contributed by atoms with Gasteiger partial charge in [0.05, 0.1) is 12.2 Å². The number of aryl methyl sites for hydroxylation is 1. The van der Waals surface area contributed by atoms with Gasteiger partial charge in [-0.2, -0.15) is 10.6 Å². The molecule has 0 bridgehead atoms. The van der Waals surface area contributed by atoms with Crippen LogP contribution in [0.25, 0.3) is 0 Å². The summed E-state index contributed by atoms with van der Waals surface area (Å²) < 4.78 is 1.70. The van der Waals surface area contributed by atoms with E-state index >= 15 is 0 Å². The minimum absolute atomic E-state index is 0.441. The summed E-state index contributed by atoms with van der Waals surface area (Å²) in [5.74, 6) is 0. The largest absolute Gasteiger partial charge is 0.316 e. The van der Waals surface area contributed by atoms with Crippen molar-refractivity contribution >= 4 is 0 Å². The third-order valence-electron chi connectivity index (χ3n) is 1.18. The molecule has 0 aromatic carbocycles. The lowest BCUT2D eigenvalue weighted by Crippen LogP contribution is -2.10. The molecule has 1 aromatic rings. The van der Waals surface area contributed by atoms with Gasteiger partial charge in [-0.15, -0.1) is 0 Å². The van der Waals surface area contributed by atoms with Gasteiger partial charge in [0, 0.05) is 13.2 Å². The van der Waals surface area contributed by atoms with Crippen molar-refractivity contribution in [3.05, 3.63) is 18.0 Å². The van der Waals surface area contributed by atoms with Crippen LogP contribution in [0.5, 0.6) is 0 Å². The maximum absolute atomic E-state index is 8.27. The van der Waals surface area contributed by atoms with Crippen molar-refractivity contribution in [2.24, 2.45) is 7.05 Å². The first-order chi connectivity index (χ1) is 5.34. The summed E-state index contributed by atoms with van der Waals surface area (Å²) in [5, 5.41) is 12.2. The lowest BCUT2D eigenvalue weighted by atomic mass is 10.4. The van der Waals surface area contributed by atoms with Crippen LogP contribution in [0.15, 0.2) is 12.3 Å². The second-order valence-electron chi connectivity index (χ2n) is 1.78. The monoisotopic (exact) mass is 157 g/mol. The van der Waals surface area contributed by atoms with Crippen LogP contribution in [0.2, 0.25) is 0 Å². The van der Waals surface area contributed by atoms with Crippen molar-refractivity contribution in [3.8, 4) is 0 Å². The molecule has 0 spiro atoms. The van der Waals surface area contributed by atoms with Gasteiger partial charge in [0.25, 0.3) is 0 Å². The van der Waals surface area contributed by atoms with E-state index in [2.05, 4.69) is 10.6 Å². The predicted octanol–water partition coefficient (Wildman–Crippen LogP) is 0.925. The molecule has 1 heterocycles.